The van der Waals surface area contributed by atoms with E-state index < -0.39 is 5.97 Å². The molecule has 0 spiro atoms. The molecule has 0 saturated carbocycles. The van der Waals surface area contributed by atoms with Crippen molar-refractivity contribution in [2.24, 2.45) is 0 Å². The van der Waals surface area contributed by atoms with Gasteiger partial charge in [-0.05, 0) is 41.4 Å². The van der Waals surface area contributed by atoms with Gasteiger partial charge >= 0.3 is 5.97 Å². The van der Waals surface area contributed by atoms with Gasteiger partial charge in [0.05, 0.1) is 11.3 Å². The molecule has 0 aliphatic rings. The van der Waals surface area contributed by atoms with Gasteiger partial charge in [-0.3, -0.25) is 0 Å². The summed E-state index contributed by atoms with van der Waals surface area (Å²) in [6.45, 7) is 4.24. The Labute approximate surface area is 111 Å². The van der Waals surface area contributed by atoms with Gasteiger partial charge in [-0.2, -0.15) is 0 Å². The van der Waals surface area contributed by atoms with Crippen molar-refractivity contribution in [3.05, 3.63) is 28.2 Å². The van der Waals surface area contributed by atoms with Crippen molar-refractivity contribution in [3.8, 4) is 0 Å². The molecule has 0 saturated heterocycles. The average Bonchev–Trinajstić information content (AvgIpc) is 2.27. The van der Waals surface area contributed by atoms with Crippen LogP contribution in [0.1, 0.15) is 37.0 Å². The van der Waals surface area contributed by atoms with Crippen LogP contribution in [0.5, 0.6) is 0 Å². The molecule has 1 atom stereocenters. The van der Waals surface area contributed by atoms with E-state index in [9.17, 15) is 9.90 Å². The summed E-state index contributed by atoms with van der Waals surface area (Å²) in [5.41, 5.74) is 1.09. The maximum Gasteiger partial charge on any atom is 0.338 e. The fourth-order valence-electron chi connectivity index (χ4n) is 1.87. The summed E-state index contributed by atoms with van der Waals surface area (Å²) in [5, 5.41) is 9.25. The van der Waals surface area contributed by atoms with Crippen LogP contribution in [-0.2, 0) is 0 Å². The van der Waals surface area contributed by atoms with E-state index in [0.29, 0.717) is 16.1 Å². The van der Waals surface area contributed by atoms with Crippen LogP contribution in [0.3, 0.4) is 0 Å². The molecule has 1 aromatic carbocycles. The SMILES string of the molecule is CCCC(C)N(C)c1cccc(Br)c1C(=O)O. The Kier molecular flexibility index (Phi) is 5.00. The van der Waals surface area contributed by atoms with Crippen LogP contribution in [0.2, 0.25) is 0 Å². The van der Waals surface area contributed by atoms with Crippen molar-refractivity contribution in [1.82, 2.24) is 0 Å². The molecule has 17 heavy (non-hydrogen) atoms. The first-order valence-electron chi connectivity index (χ1n) is 5.73. The summed E-state index contributed by atoms with van der Waals surface area (Å²) >= 11 is 3.30. The van der Waals surface area contributed by atoms with E-state index in [4.69, 9.17) is 0 Å². The third kappa shape index (κ3) is 3.22. The van der Waals surface area contributed by atoms with Crippen LogP contribution >= 0.6 is 15.9 Å². The Morgan fingerprint density at radius 3 is 2.71 bits per heavy atom. The van der Waals surface area contributed by atoms with Gasteiger partial charge in [-0.1, -0.05) is 19.4 Å². The standard InChI is InChI=1S/C13H18BrNO2/c1-4-6-9(2)15(3)11-8-5-7-10(14)12(11)13(16)17/h5,7-9H,4,6H2,1-3H3,(H,16,17). The summed E-state index contributed by atoms with van der Waals surface area (Å²) in [6, 6.07) is 5.79. The molecule has 0 amide bonds. The lowest BCUT2D eigenvalue weighted by atomic mass is 10.1. The number of carbonyl (C=O) groups is 1. The minimum Gasteiger partial charge on any atom is -0.478 e. The first-order chi connectivity index (χ1) is 7.99. The van der Waals surface area contributed by atoms with Gasteiger partial charge in [0, 0.05) is 17.6 Å². The molecule has 1 N–H and O–H groups in total. The zero-order valence-electron chi connectivity index (χ0n) is 10.4. The number of nitrogens with zero attached hydrogens (tertiary/aromatic N) is 1. The number of rotatable bonds is 5. The lowest BCUT2D eigenvalue weighted by Gasteiger charge is -2.28. The van der Waals surface area contributed by atoms with Crippen LogP contribution < -0.4 is 4.90 Å². The molecule has 0 heterocycles. The maximum atomic E-state index is 11.3. The molecule has 0 fully saturated rings. The maximum absolute atomic E-state index is 11.3. The van der Waals surface area contributed by atoms with Crippen LogP contribution in [0.15, 0.2) is 22.7 Å². The average molecular weight is 300 g/mol. The molecule has 1 unspecified atom stereocenters. The highest BCUT2D eigenvalue weighted by Crippen LogP contribution is 2.29. The minimum absolute atomic E-state index is 0.326. The van der Waals surface area contributed by atoms with E-state index in [1.165, 1.54) is 0 Å². The predicted octanol–water partition coefficient (Wildman–Crippen LogP) is 3.77. The normalized spacial score (nSPS) is 12.2. The van der Waals surface area contributed by atoms with E-state index in [-0.39, 0.29) is 0 Å². The molecular weight excluding hydrogens is 282 g/mol. The minimum atomic E-state index is -0.900. The number of carboxylic acids is 1. The lowest BCUT2D eigenvalue weighted by Crippen LogP contribution is -2.30. The second kappa shape index (κ2) is 6.05. The molecular formula is C13H18BrNO2. The van der Waals surface area contributed by atoms with Crippen LogP contribution in [0, 0.1) is 0 Å². The van der Waals surface area contributed by atoms with Gasteiger partial charge in [-0.15, -0.1) is 0 Å². The molecule has 0 aromatic heterocycles. The largest absolute Gasteiger partial charge is 0.478 e. The second-order valence-corrected chi connectivity index (χ2v) is 5.04. The van der Waals surface area contributed by atoms with Crippen molar-refractivity contribution >= 4 is 27.6 Å². The number of hydrogen-bond acceptors (Lipinski definition) is 2. The third-order valence-electron chi connectivity index (χ3n) is 2.95. The van der Waals surface area contributed by atoms with Gasteiger partial charge in [-0.25, -0.2) is 4.79 Å². The van der Waals surface area contributed by atoms with Gasteiger partial charge in [0.15, 0.2) is 0 Å². The molecule has 94 valence electrons. The first kappa shape index (κ1) is 14.0. The molecule has 1 aromatic rings. The number of hydrogen-bond donors (Lipinski definition) is 1. The number of benzene rings is 1. The highest BCUT2D eigenvalue weighted by molar-refractivity contribution is 9.10. The Hall–Kier alpha value is -1.03. The predicted molar refractivity (Wildman–Crippen MR) is 73.9 cm³/mol. The topological polar surface area (TPSA) is 40.5 Å². The summed E-state index contributed by atoms with van der Waals surface area (Å²) in [4.78, 5) is 13.3. The summed E-state index contributed by atoms with van der Waals surface area (Å²) in [6.07, 6.45) is 2.13. The van der Waals surface area contributed by atoms with Crippen LogP contribution in [0.4, 0.5) is 5.69 Å². The van der Waals surface area contributed by atoms with E-state index in [0.717, 1.165) is 18.5 Å². The number of anilines is 1. The van der Waals surface area contributed by atoms with Crippen LogP contribution in [-0.4, -0.2) is 24.2 Å². The van der Waals surface area contributed by atoms with Crippen molar-refractivity contribution in [2.75, 3.05) is 11.9 Å². The van der Waals surface area contributed by atoms with Crippen molar-refractivity contribution in [3.63, 3.8) is 0 Å². The lowest BCUT2D eigenvalue weighted by molar-refractivity contribution is 0.0696. The number of halogens is 1. The molecule has 1 rings (SSSR count). The zero-order valence-corrected chi connectivity index (χ0v) is 12.0. The van der Waals surface area contributed by atoms with E-state index >= 15 is 0 Å². The molecule has 3 nitrogen and oxygen atoms in total. The van der Waals surface area contributed by atoms with Gasteiger partial charge in [0.2, 0.25) is 0 Å². The van der Waals surface area contributed by atoms with E-state index in [2.05, 4.69) is 29.8 Å². The van der Waals surface area contributed by atoms with E-state index in [1.807, 2.05) is 24.1 Å². The Morgan fingerprint density at radius 1 is 1.53 bits per heavy atom. The van der Waals surface area contributed by atoms with Gasteiger partial charge in [0.25, 0.3) is 0 Å². The third-order valence-corrected chi connectivity index (χ3v) is 3.61. The zero-order chi connectivity index (χ0) is 13.0. The van der Waals surface area contributed by atoms with E-state index in [1.54, 1.807) is 6.07 Å². The summed E-state index contributed by atoms with van der Waals surface area (Å²) in [5.74, 6) is -0.900. The second-order valence-electron chi connectivity index (χ2n) is 4.19. The Morgan fingerprint density at radius 2 is 2.18 bits per heavy atom. The molecule has 0 radical (unpaired) electrons. The van der Waals surface area contributed by atoms with Gasteiger partial charge < -0.3 is 10.0 Å². The summed E-state index contributed by atoms with van der Waals surface area (Å²) in [7, 11) is 1.94. The fourth-order valence-corrected chi connectivity index (χ4v) is 2.39. The highest BCUT2D eigenvalue weighted by atomic mass is 79.9. The molecule has 0 bridgehead atoms. The monoisotopic (exact) mass is 299 g/mol. The van der Waals surface area contributed by atoms with Crippen LogP contribution in [0.25, 0.3) is 0 Å². The fraction of sp³-hybridized carbons (Fsp3) is 0.462. The smallest absolute Gasteiger partial charge is 0.338 e. The Balaban J connectivity index is 3.13. The van der Waals surface area contributed by atoms with Crippen molar-refractivity contribution in [2.45, 2.75) is 32.7 Å². The quantitative estimate of drug-likeness (QED) is 0.900. The van der Waals surface area contributed by atoms with Crippen molar-refractivity contribution in [1.29, 1.82) is 0 Å². The van der Waals surface area contributed by atoms with Crippen molar-refractivity contribution < 1.29 is 9.90 Å². The Bertz CT molecular complexity index is 406. The number of carboxylic acid groups (broad SMARTS) is 1. The summed E-state index contributed by atoms with van der Waals surface area (Å²) < 4.78 is 0.623. The van der Waals surface area contributed by atoms with Gasteiger partial charge in [0.1, 0.15) is 0 Å². The molecule has 0 aliphatic heterocycles. The number of aromatic carboxylic acids is 1. The highest BCUT2D eigenvalue weighted by Gasteiger charge is 2.19. The molecule has 0 aliphatic carbocycles. The first-order valence-corrected chi connectivity index (χ1v) is 6.53. The molecule has 4 heteroatoms.